The number of benzene rings is 2. The van der Waals surface area contributed by atoms with Crippen molar-refractivity contribution < 1.29 is 17.6 Å². The van der Waals surface area contributed by atoms with Crippen molar-refractivity contribution in [2.75, 3.05) is 35.8 Å². The van der Waals surface area contributed by atoms with Crippen LogP contribution in [0.4, 0.5) is 15.2 Å². The van der Waals surface area contributed by atoms with Crippen molar-refractivity contribution in [3.05, 3.63) is 70.5 Å². The van der Waals surface area contributed by atoms with Crippen molar-refractivity contribution in [2.45, 2.75) is 18.7 Å². The number of amides is 1. The Morgan fingerprint density at radius 3 is 2.25 bits per heavy atom. The van der Waals surface area contributed by atoms with E-state index in [1.807, 2.05) is 6.92 Å². The summed E-state index contributed by atoms with van der Waals surface area (Å²) in [4.78, 5) is 21.7. The number of carbonyl (C=O) groups excluding carboxylic acids is 1. The molecule has 1 fully saturated rings. The van der Waals surface area contributed by atoms with Crippen LogP contribution in [-0.2, 0) is 10.0 Å². The molecule has 0 radical (unpaired) electrons. The van der Waals surface area contributed by atoms with Crippen LogP contribution in [0.1, 0.15) is 20.9 Å². The minimum atomic E-state index is -3.79. The van der Waals surface area contributed by atoms with Gasteiger partial charge in [0.25, 0.3) is 15.9 Å². The van der Waals surface area contributed by atoms with Gasteiger partial charge in [0.05, 0.1) is 10.6 Å². The molecule has 1 amide bonds. The predicted molar refractivity (Wildman–Crippen MR) is 123 cm³/mol. The third kappa shape index (κ3) is 4.76. The average Bonchev–Trinajstić information content (AvgIpc) is 3.13. The highest BCUT2D eigenvalue weighted by Gasteiger charge is 2.26. The lowest BCUT2D eigenvalue weighted by molar-refractivity contribution is 0.0750. The number of thiazole rings is 1. The summed E-state index contributed by atoms with van der Waals surface area (Å²) in [5, 5.41) is 0.163. The Hall–Kier alpha value is -2.98. The number of halogens is 1. The summed E-state index contributed by atoms with van der Waals surface area (Å²) in [7, 11) is -3.79. The maximum atomic E-state index is 13.1. The van der Waals surface area contributed by atoms with E-state index in [4.69, 9.17) is 0 Å². The molecule has 1 aliphatic rings. The molecule has 3 aromatic rings. The van der Waals surface area contributed by atoms with Crippen LogP contribution >= 0.6 is 11.3 Å². The zero-order valence-corrected chi connectivity index (χ0v) is 19.3. The van der Waals surface area contributed by atoms with Crippen LogP contribution in [0.15, 0.2) is 53.4 Å². The van der Waals surface area contributed by atoms with Gasteiger partial charge in [-0.1, -0.05) is 29.0 Å². The maximum Gasteiger partial charge on any atom is 0.266 e. The minimum Gasteiger partial charge on any atom is -0.368 e. The molecule has 1 aromatic heterocycles. The van der Waals surface area contributed by atoms with E-state index in [0.29, 0.717) is 36.8 Å². The molecular weight excluding hydrogens is 451 g/mol. The van der Waals surface area contributed by atoms with Crippen LogP contribution in [0.25, 0.3) is 0 Å². The Balaban J connectivity index is 1.43. The minimum absolute atomic E-state index is 0.140. The van der Waals surface area contributed by atoms with Crippen molar-refractivity contribution in [1.29, 1.82) is 0 Å². The molecule has 4 rings (SSSR count). The lowest BCUT2D eigenvalue weighted by Crippen LogP contribution is -2.48. The molecule has 10 heteroatoms. The molecule has 0 atom stereocenters. The molecule has 0 saturated carbocycles. The Morgan fingerprint density at radius 2 is 1.62 bits per heavy atom. The van der Waals surface area contributed by atoms with Gasteiger partial charge in [0.15, 0.2) is 5.13 Å². The molecule has 7 nitrogen and oxygen atoms in total. The van der Waals surface area contributed by atoms with Crippen molar-refractivity contribution in [3.8, 4) is 0 Å². The molecule has 2 heterocycles. The van der Waals surface area contributed by atoms with E-state index in [0.717, 1.165) is 22.6 Å². The predicted octanol–water partition coefficient (Wildman–Crippen LogP) is 3.66. The lowest BCUT2D eigenvalue weighted by Gasteiger charge is -2.36. The second-order valence-electron chi connectivity index (χ2n) is 7.61. The van der Waals surface area contributed by atoms with E-state index in [1.54, 1.807) is 36.1 Å². The largest absolute Gasteiger partial charge is 0.368 e. The summed E-state index contributed by atoms with van der Waals surface area (Å²) in [6.45, 7) is 5.85. The molecule has 1 N–H and O–H groups in total. The summed E-state index contributed by atoms with van der Waals surface area (Å²) >= 11 is 1.04. The summed E-state index contributed by atoms with van der Waals surface area (Å²) in [6.07, 6.45) is 0. The second kappa shape index (κ2) is 8.87. The number of aromatic nitrogens is 1. The molecule has 0 unspecified atom stereocenters. The number of nitrogens with zero attached hydrogens (tertiary/aromatic N) is 3. The third-order valence-corrected chi connectivity index (χ3v) is 7.85. The van der Waals surface area contributed by atoms with Crippen LogP contribution in [0, 0.1) is 19.7 Å². The van der Waals surface area contributed by atoms with E-state index >= 15 is 0 Å². The third-order valence-electron chi connectivity index (χ3n) is 5.30. The van der Waals surface area contributed by atoms with Crippen LogP contribution < -0.4 is 9.62 Å². The number of piperazine rings is 1. The normalized spacial score (nSPS) is 14.5. The Bertz CT molecular complexity index is 1220. The van der Waals surface area contributed by atoms with Crippen molar-refractivity contribution in [3.63, 3.8) is 0 Å². The van der Waals surface area contributed by atoms with Crippen molar-refractivity contribution in [2.24, 2.45) is 0 Å². The topological polar surface area (TPSA) is 82.6 Å². The summed E-state index contributed by atoms with van der Waals surface area (Å²) in [6, 6.07) is 12.8. The number of aryl methyl sites for hydroxylation is 2. The lowest BCUT2D eigenvalue weighted by atomic mass is 10.2. The zero-order valence-electron chi connectivity index (χ0n) is 17.7. The van der Waals surface area contributed by atoms with Gasteiger partial charge < -0.3 is 9.80 Å². The first-order valence-corrected chi connectivity index (χ1v) is 12.4. The van der Waals surface area contributed by atoms with Gasteiger partial charge in [-0.15, -0.1) is 0 Å². The molecule has 0 spiro atoms. The van der Waals surface area contributed by atoms with Gasteiger partial charge >= 0.3 is 0 Å². The monoisotopic (exact) mass is 474 g/mol. The molecule has 1 saturated heterocycles. The van der Waals surface area contributed by atoms with Crippen LogP contribution in [0.3, 0.4) is 0 Å². The molecule has 2 aromatic carbocycles. The Morgan fingerprint density at radius 1 is 1.00 bits per heavy atom. The Kier molecular flexibility index (Phi) is 6.16. The number of anilines is 2. The van der Waals surface area contributed by atoms with Crippen LogP contribution in [0.5, 0.6) is 0 Å². The molecular formula is C22H23FN4O3S2. The highest BCUT2D eigenvalue weighted by atomic mass is 32.2. The fraction of sp³-hybridized carbons (Fsp3) is 0.273. The van der Waals surface area contributed by atoms with Gasteiger partial charge in [-0.05, 0) is 50.2 Å². The quantitative estimate of drug-likeness (QED) is 0.610. The highest BCUT2D eigenvalue weighted by molar-refractivity contribution is 7.93. The number of rotatable bonds is 5. The van der Waals surface area contributed by atoms with Crippen LogP contribution in [0.2, 0.25) is 0 Å². The van der Waals surface area contributed by atoms with E-state index < -0.39 is 10.0 Å². The van der Waals surface area contributed by atoms with E-state index in [9.17, 15) is 17.6 Å². The number of hydrogen-bond donors (Lipinski definition) is 1. The van der Waals surface area contributed by atoms with E-state index in [-0.39, 0.29) is 21.8 Å². The van der Waals surface area contributed by atoms with Gasteiger partial charge in [-0.3, -0.25) is 9.52 Å². The molecule has 32 heavy (non-hydrogen) atoms. The second-order valence-corrected chi connectivity index (χ2v) is 10.3. The number of carbonyl (C=O) groups is 1. The van der Waals surface area contributed by atoms with Gasteiger partial charge in [-0.2, -0.15) is 0 Å². The zero-order chi connectivity index (χ0) is 22.9. The standard InChI is InChI=1S/C22H23FN4O3S2/c1-15-3-9-19(10-4-15)32(29,30)25-22-24-16(2)20(31-22)21(28)27-13-11-26(12-14-27)18-7-5-17(23)6-8-18/h3-10H,11-14H2,1-2H3,(H,24,25). The molecule has 1 aliphatic heterocycles. The smallest absolute Gasteiger partial charge is 0.266 e. The summed E-state index contributed by atoms with van der Waals surface area (Å²) in [5.41, 5.74) is 2.37. The SMILES string of the molecule is Cc1ccc(S(=O)(=O)Nc2nc(C)c(C(=O)N3CCN(c4ccc(F)cc4)CC3)s2)cc1. The summed E-state index contributed by atoms with van der Waals surface area (Å²) in [5.74, 6) is -0.448. The van der Waals surface area contributed by atoms with Crippen molar-refractivity contribution >= 4 is 38.1 Å². The van der Waals surface area contributed by atoms with E-state index in [2.05, 4.69) is 14.6 Å². The average molecular weight is 475 g/mol. The van der Waals surface area contributed by atoms with Crippen molar-refractivity contribution in [1.82, 2.24) is 9.88 Å². The maximum absolute atomic E-state index is 13.1. The fourth-order valence-electron chi connectivity index (χ4n) is 3.49. The van der Waals surface area contributed by atoms with E-state index in [1.165, 1.54) is 24.3 Å². The van der Waals surface area contributed by atoms with Gasteiger partial charge in [0.2, 0.25) is 0 Å². The molecule has 0 aliphatic carbocycles. The summed E-state index contributed by atoms with van der Waals surface area (Å²) < 4.78 is 40.9. The first-order chi connectivity index (χ1) is 15.2. The number of sulfonamides is 1. The number of nitrogens with one attached hydrogen (secondary N) is 1. The first-order valence-electron chi connectivity index (χ1n) is 10.1. The fourth-order valence-corrected chi connectivity index (χ4v) is 5.66. The Labute approximate surface area is 190 Å². The van der Waals surface area contributed by atoms with Gasteiger partial charge in [-0.25, -0.2) is 17.8 Å². The number of hydrogen-bond acceptors (Lipinski definition) is 6. The molecule has 0 bridgehead atoms. The molecule has 168 valence electrons. The van der Waals surface area contributed by atoms with Gasteiger partial charge in [0.1, 0.15) is 10.7 Å². The first kappa shape index (κ1) is 22.2. The highest BCUT2D eigenvalue weighted by Crippen LogP contribution is 2.27. The van der Waals surface area contributed by atoms with Gasteiger partial charge in [0, 0.05) is 31.9 Å². The van der Waals surface area contributed by atoms with Crippen LogP contribution in [-0.4, -0.2) is 50.4 Å².